The number of guanidine groups is 1. The van der Waals surface area contributed by atoms with Crippen LogP contribution in [-0.2, 0) is 0 Å². The van der Waals surface area contributed by atoms with Crippen LogP contribution in [0.4, 0.5) is 0 Å². The Morgan fingerprint density at radius 1 is 1.44 bits per heavy atom. The van der Waals surface area contributed by atoms with Crippen molar-refractivity contribution in [2.24, 2.45) is 10.7 Å². The summed E-state index contributed by atoms with van der Waals surface area (Å²) >= 11 is 6.55. The van der Waals surface area contributed by atoms with Crippen molar-refractivity contribution in [1.82, 2.24) is 15.5 Å². The molecule has 2 aliphatic rings. The van der Waals surface area contributed by atoms with Crippen molar-refractivity contribution in [1.29, 1.82) is 0 Å². The number of alkyl halides is 1. The molecular formula is C12H20ClN5. The summed E-state index contributed by atoms with van der Waals surface area (Å²) < 4.78 is 0. The number of hydrogen-bond acceptors (Lipinski definition) is 3. The molecule has 2 atom stereocenters. The number of hydrogen-bond donors (Lipinski definition) is 3. The van der Waals surface area contributed by atoms with Gasteiger partial charge in [0.1, 0.15) is 0 Å². The number of halogens is 1. The van der Waals surface area contributed by atoms with Crippen LogP contribution >= 0.6 is 11.6 Å². The minimum absolute atomic E-state index is 0.170. The molecule has 0 aromatic rings. The Morgan fingerprint density at radius 3 is 2.61 bits per heavy atom. The largest absolute Gasteiger partial charge is 0.397 e. The Hall–Kier alpha value is -1.36. The molecular weight excluding hydrogens is 250 g/mol. The fourth-order valence-electron chi connectivity index (χ4n) is 2.06. The van der Waals surface area contributed by atoms with Gasteiger partial charge in [0.15, 0.2) is 5.96 Å². The van der Waals surface area contributed by atoms with Gasteiger partial charge in [-0.3, -0.25) is 0 Å². The molecule has 6 heteroatoms. The van der Waals surface area contributed by atoms with E-state index in [0.717, 1.165) is 24.7 Å². The molecule has 0 bridgehead atoms. The summed E-state index contributed by atoms with van der Waals surface area (Å²) in [6.07, 6.45) is 3.88. The van der Waals surface area contributed by atoms with E-state index < -0.39 is 4.87 Å². The Bertz CT molecular complexity index is 414. The van der Waals surface area contributed by atoms with Gasteiger partial charge in [-0.25, -0.2) is 4.99 Å². The average Bonchev–Trinajstić information content (AvgIpc) is 2.75. The van der Waals surface area contributed by atoms with Gasteiger partial charge >= 0.3 is 0 Å². The number of aliphatic imine (C=N–C) groups is 1. The van der Waals surface area contributed by atoms with Gasteiger partial charge in [0, 0.05) is 27.2 Å². The van der Waals surface area contributed by atoms with Gasteiger partial charge in [0.25, 0.3) is 0 Å². The second-order valence-corrected chi connectivity index (χ2v) is 5.79. The van der Waals surface area contributed by atoms with Crippen molar-refractivity contribution < 1.29 is 0 Å². The third-order valence-electron chi connectivity index (χ3n) is 3.09. The standard InChI is InChI=1S/C12H20ClN5/c1-12(13)7-9(18(2)3)8(14)6-10(12)17-11-15-4-5-16-11/h6-7,10H,4-5,14H2,1-3H3,(H2,15,16,17). The molecule has 0 aromatic heterocycles. The zero-order chi connectivity index (χ0) is 13.3. The van der Waals surface area contributed by atoms with Crippen LogP contribution in [0.25, 0.3) is 0 Å². The molecule has 2 unspecified atom stereocenters. The SMILES string of the molecule is CN(C)C1=CC(C)(Cl)C(N=C2NCCN2)C=C1N. The number of likely N-dealkylation sites (N-methyl/N-ethyl adjacent to an activating group) is 1. The first-order chi connectivity index (χ1) is 8.40. The minimum Gasteiger partial charge on any atom is -0.397 e. The Kier molecular flexibility index (Phi) is 3.43. The van der Waals surface area contributed by atoms with E-state index >= 15 is 0 Å². The number of rotatable bonds is 2. The maximum absolute atomic E-state index is 6.55. The van der Waals surface area contributed by atoms with Crippen LogP contribution in [-0.4, -0.2) is 49.0 Å². The molecule has 1 saturated heterocycles. The molecule has 0 amide bonds. The van der Waals surface area contributed by atoms with Gasteiger partial charge in [-0.15, -0.1) is 11.6 Å². The van der Waals surface area contributed by atoms with Gasteiger partial charge in [0.2, 0.25) is 0 Å². The number of nitrogens with zero attached hydrogens (tertiary/aromatic N) is 2. The van der Waals surface area contributed by atoms with Gasteiger partial charge in [-0.05, 0) is 19.1 Å². The van der Waals surface area contributed by atoms with E-state index in [1.807, 2.05) is 38.1 Å². The Labute approximate surface area is 113 Å². The number of nitrogens with two attached hydrogens (primary N) is 1. The lowest BCUT2D eigenvalue weighted by Crippen LogP contribution is -2.38. The highest BCUT2D eigenvalue weighted by atomic mass is 35.5. The fourth-order valence-corrected chi connectivity index (χ4v) is 2.28. The predicted octanol–water partition coefficient (Wildman–Crippen LogP) is 0.203. The summed E-state index contributed by atoms with van der Waals surface area (Å²) in [6, 6.07) is -0.170. The first-order valence-electron chi connectivity index (χ1n) is 6.02. The van der Waals surface area contributed by atoms with Crippen LogP contribution in [0, 0.1) is 0 Å². The van der Waals surface area contributed by atoms with Gasteiger partial charge in [-0.2, -0.15) is 0 Å². The first kappa shape index (κ1) is 13.1. The van der Waals surface area contributed by atoms with Crippen molar-refractivity contribution in [3.05, 3.63) is 23.5 Å². The molecule has 1 aliphatic heterocycles. The lowest BCUT2D eigenvalue weighted by Gasteiger charge is -2.32. The van der Waals surface area contributed by atoms with Crippen LogP contribution < -0.4 is 16.4 Å². The monoisotopic (exact) mass is 269 g/mol. The maximum Gasteiger partial charge on any atom is 0.192 e. The summed E-state index contributed by atoms with van der Waals surface area (Å²) in [5.74, 6) is 0.789. The molecule has 1 heterocycles. The zero-order valence-electron chi connectivity index (χ0n) is 11.0. The van der Waals surface area contributed by atoms with E-state index in [0.29, 0.717) is 5.70 Å². The molecule has 0 saturated carbocycles. The number of nitrogens with one attached hydrogen (secondary N) is 2. The lowest BCUT2D eigenvalue weighted by molar-refractivity contribution is 0.497. The zero-order valence-corrected chi connectivity index (χ0v) is 11.8. The van der Waals surface area contributed by atoms with E-state index in [9.17, 15) is 0 Å². The van der Waals surface area contributed by atoms with Crippen LogP contribution in [0.3, 0.4) is 0 Å². The van der Waals surface area contributed by atoms with Gasteiger partial charge in [-0.1, -0.05) is 0 Å². The van der Waals surface area contributed by atoms with Crippen molar-refractivity contribution in [3.8, 4) is 0 Å². The predicted molar refractivity (Wildman–Crippen MR) is 75.5 cm³/mol. The van der Waals surface area contributed by atoms with E-state index in [1.165, 1.54) is 0 Å². The van der Waals surface area contributed by atoms with E-state index in [1.54, 1.807) is 0 Å². The van der Waals surface area contributed by atoms with Gasteiger partial charge in [0.05, 0.1) is 22.3 Å². The van der Waals surface area contributed by atoms with Crippen molar-refractivity contribution in [3.63, 3.8) is 0 Å². The quantitative estimate of drug-likeness (QED) is 0.627. The molecule has 100 valence electrons. The van der Waals surface area contributed by atoms with Crippen molar-refractivity contribution in [2.75, 3.05) is 27.2 Å². The fraction of sp³-hybridized carbons (Fsp3) is 0.583. The molecule has 0 spiro atoms. The normalized spacial score (nSPS) is 31.1. The highest BCUT2D eigenvalue weighted by molar-refractivity contribution is 6.26. The average molecular weight is 270 g/mol. The first-order valence-corrected chi connectivity index (χ1v) is 6.40. The van der Waals surface area contributed by atoms with Gasteiger partial charge < -0.3 is 21.3 Å². The highest BCUT2D eigenvalue weighted by Gasteiger charge is 2.34. The molecule has 1 fully saturated rings. The van der Waals surface area contributed by atoms with Crippen LogP contribution in [0.1, 0.15) is 6.92 Å². The van der Waals surface area contributed by atoms with E-state index in [2.05, 4.69) is 15.6 Å². The van der Waals surface area contributed by atoms with Crippen LogP contribution in [0.5, 0.6) is 0 Å². The molecule has 0 radical (unpaired) electrons. The summed E-state index contributed by atoms with van der Waals surface area (Å²) in [7, 11) is 3.90. The molecule has 1 aliphatic carbocycles. The molecule has 2 rings (SSSR count). The van der Waals surface area contributed by atoms with E-state index in [4.69, 9.17) is 17.3 Å². The lowest BCUT2D eigenvalue weighted by atomic mass is 9.93. The minimum atomic E-state index is -0.568. The summed E-state index contributed by atoms with van der Waals surface area (Å²) in [4.78, 5) is 5.97. The summed E-state index contributed by atoms with van der Waals surface area (Å²) in [5.41, 5.74) is 7.70. The second-order valence-electron chi connectivity index (χ2n) is 4.97. The van der Waals surface area contributed by atoms with E-state index in [-0.39, 0.29) is 6.04 Å². The van der Waals surface area contributed by atoms with Crippen LogP contribution in [0.2, 0.25) is 0 Å². The Balaban J connectivity index is 2.26. The van der Waals surface area contributed by atoms with Crippen molar-refractivity contribution >= 4 is 17.6 Å². The third kappa shape index (κ3) is 2.56. The molecule has 0 aromatic carbocycles. The van der Waals surface area contributed by atoms with Crippen LogP contribution in [0.15, 0.2) is 28.5 Å². The Morgan fingerprint density at radius 2 is 2.06 bits per heavy atom. The maximum atomic E-state index is 6.55. The molecule has 18 heavy (non-hydrogen) atoms. The third-order valence-corrected chi connectivity index (χ3v) is 3.42. The smallest absolute Gasteiger partial charge is 0.192 e. The molecule has 4 N–H and O–H groups in total. The summed E-state index contributed by atoms with van der Waals surface area (Å²) in [5, 5.41) is 6.34. The topological polar surface area (TPSA) is 65.7 Å². The molecule has 5 nitrogen and oxygen atoms in total. The van der Waals surface area contributed by atoms with Crippen molar-refractivity contribution in [2.45, 2.75) is 17.8 Å². The second kappa shape index (κ2) is 4.72. The summed E-state index contributed by atoms with van der Waals surface area (Å²) in [6.45, 7) is 3.73. The highest BCUT2D eigenvalue weighted by Crippen LogP contribution is 2.32.